The van der Waals surface area contributed by atoms with Crippen LogP contribution in [0.15, 0.2) is 65.9 Å². The summed E-state index contributed by atoms with van der Waals surface area (Å²) in [6.07, 6.45) is 0. The van der Waals surface area contributed by atoms with Gasteiger partial charge in [-0.15, -0.1) is 0 Å². The first kappa shape index (κ1) is 17.3. The molecule has 0 radical (unpaired) electrons. The molecule has 6 nitrogen and oxygen atoms in total. The third-order valence-electron chi connectivity index (χ3n) is 4.69. The SMILES string of the molecule is COCCOC(=O)C1=C(C)Nc2nc3ccccc3n2C1c1ccccc1. The number of aromatic nitrogens is 2. The molecule has 1 aromatic heterocycles. The zero-order valence-corrected chi connectivity index (χ0v) is 15.3. The van der Waals surface area contributed by atoms with Gasteiger partial charge in [0.25, 0.3) is 0 Å². The van der Waals surface area contributed by atoms with Crippen LogP contribution in [0.4, 0.5) is 5.95 Å². The fourth-order valence-electron chi connectivity index (χ4n) is 3.47. The minimum atomic E-state index is -0.352. The van der Waals surface area contributed by atoms with Crippen LogP contribution in [0.25, 0.3) is 11.0 Å². The van der Waals surface area contributed by atoms with Crippen molar-refractivity contribution in [2.75, 3.05) is 25.6 Å². The monoisotopic (exact) mass is 363 g/mol. The summed E-state index contributed by atoms with van der Waals surface area (Å²) in [5.74, 6) is 0.366. The molecule has 2 aromatic carbocycles. The van der Waals surface area contributed by atoms with Crippen LogP contribution in [-0.4, -0.2) is 35.8 Å². The Hall–Kier alpha value is -3.12. The van der Waals surface area contributed by atoms with Crippen molar-refractivity contribution in [1.29, 1.82) is 0 Å². The number of fused-ring (bicyclic) bond motifs is 3. The van der Waals surface area contributed by atoms with Gasteiger partial charge in [-0.3, -0.25) is 4.57 Å². The second kappa shape index (κ2) is 7.25. The number of nitrogens with one attached hydrogen (secondary N) is 1. The third kappa shape index (κ3) is 3.08. The Morgan fingerprint density at radius 2 is 1.85 bits per heavy atom. The quantitative estimate of drug-likeness (QED) is 0.555. The number of para-hydroxylation sites is 2. The van der Waals surface area contributed by atoms with Gasteiger partial charge >= 0.3 is 5.97 Å². The summed E-state index contributed by atoms with van der Waals surface area (Å²) in [5, 5.41) is 3.27. The highest BCUT2D eigenvalue weighted by atomic mass is 16.6. The molecule has 1 N–H and O–H groups in total. The van der Waals surface area contributed by atoms with Crippen LogP contribution in [0.1, 0.15) is 18.5 Å². The molecule has 1 atom stereocenters. The fraction of sp³-hybridized carbons (Fsp3) is 0.238. The van der Waals surface area contributed by atoms with E-state index in [1.807, 2.05) is 61.5 Å². The first-order chi connectivity index (χ1) is 13.2. The van der Waals surface area contributed by atoms with E-state index in [9.17, 15) is 4.79 Å². The second-order valence-corrected chi connectivity index (χ2v) is 6.40. The molecule has 0 aliphatic carbocycles. The van der Waals surface area contributed by atoms with Crippen molar-refractivity contribution in [3.8, 4) is 0 Å². The number of methoxy groups -OCH3 is 1. The molecule has 0 fully saturated rings. The number of allylic oxidation sites excluding steroid dienone is 1. The number of carbonyl (C=O) groups excluding carboxylic acids is 1. The first-order valence-corrected chi connectivity index (χ1v) is 8.86. The molecule has 1 aliphatic heterocycles. The maximum atomic E-state index is 12.9. The van der Waals surface area contributed by atoms with Gasteiger partial charge in [-0.2, -0.15) is 0 Å². The Morgan fingerprint density at radius 3 is 2.63 bits per heavy atom. The van der Waals surface area contributed by atoms with E-state index in [4.69, 9.17) is 14.5 Å². The van der Waals surface area contributed by atoms with Crippen molar-refractivity contribution >= 4 is 23.0 Å². The average Bonchev–Trinajstić information content (AvgIpc) is 3.05. The number of carbonyl (C=O) groups is 1. The van der Waals surface area contributed by atoms with E-state index in [2.05, 4.69) is 9.88 Å². The van der Waals surface area contributed by atoms with Crippen LogP contribution in [0, 0.1) is 0 Å². The van der Waals surface area contributed by atoms with Crippen LogP contribution < -0.4 is 5.32 Å². The van der Waals surface area contributed by atoms with Gasteiger partial charge in [-0.25, -0.2) is 9.78 Å². The summed E-state index contributed by atoms with van der Waals surface area (Å²) in [7, 11) is 1.58. The average molecular weight is 363 g/mol. The van der Waals surface area contributed by atoms with Crippen molar-refractivity contribution in [2.45, 2.75) is 13.0 Å². The number of esters is 1. The predicted molar refractivity (Wildman–Crippen MR) is 103 cm³/mol. The number of anilines is 1. The summed E-state index contributed by atoms with van der Waals surface area (Å²) in [6.45, 7) is 2.46. The van der Waals surface area contributed by atoms with Crippen LogP contribution in [0.5, 0.6) is 0 Å². The van der Waals surface area contributed by atoms with Crippen molar-refractivity contribution in [2.24, 2.45) is 0 Å². The summed E-state index contributed by atoms with van der Waals surface area (Å²) in [6, 6.07) is 17.5. The number of ether oxygens (including phenoxy) is 2. The number of nitrogens with zero attached hydrogens (tertiary/aromatic N) is 2. The van der Waals surface area contributed by atoms with Gasteiger partial charge in [0.1, 0.15) is 6.61 Å². The lowest BCUT2D eigenvalue weighted by Crippen LogP contribution is -2.29. The molecule has 0 bridgehead atoms. The summed E-state index contributed by atoms with van der Waals surface area (Å²) >= 11 is 0. The third-order valence-corrected chi connectivity index (χ3v) is 4.69. The number of hydrogen-bond donors (Lipinski definition) is 1. The number of hydrogen-bond acceptors (Lipinski definition) is 5. The van der Waals surface area contributed by atoms with Crippen LogP contribution >= 0.6 is 0 Å². The minimum absolute atomic E-state index is 0.213. The van der Waals surface area contributed by atoms with Gasteiger partial charge in [0, 0.05) is 12.8 Å². The van der Waals surface area contributed by atoms with Gasteiger partial charge in [0.15, 0.2) is 0 Å². The highest BCUT2D eigenvalue weighted by Gasteiger charge is 2.34. The zero-order valence-electron chi connectivity index (χ0n) is 15.3. The molecule has 4 rings (SSSR count). The van der Waals surface area contributed by atoms with E-state index >= 15 is 0 Å². The standard InChI is InChI=1S/C21H21N3O3/c1-14-18(20(25)27-13-12-26-2)19(15-8-4-3-5-9-15)24-17-11-7-6-10-16(17)23-21(24)22-14/h3-11,19H,12-13H2,1-2H3,(H,22,23). The maximum absolute atomic E-state index is 12.9. The maximum Gasteiger partial charge on any atom is 0.338 e. The molecule has 3 aromatic rings. The molecule has 0 spiro atoms. The Kier molecular flexibility index (Phi) is 4.64. The molecule has 138 valence electrons. The van der Waals surface area contributed by atoms with E-state index in [1.54, 1.807) is 7.11 Å². The zero-order chi connectivity index (χ0) is 18.8. The molecule has 1 aliphatic rings. The van der Waals surface area contributed by atoms with E-state index in [0.29, 0.717) is 12.2 Å². The van der Waals surface area contributed by atoms with Crippen molar-refractivity contribution in [1.82, 2.24) is 9.55 Å². The van der Waals surface area contributed by atoms with Gasteiger partial charge in [-0.05, 0) is 24.6 Å². The molecule has 0 saturated heterocycles. The van der Waals surface area contributed by atoms with Crippen LogP contribution in [-0.2, 0) is 14.3 Å². The van der Waals surface area contributed by atoms with Crippen LogP contribution in [0.2, 0.25) is 0 Å². The predicted octanol–water partition coefficient (Wildman–Crippen LogP) is 3.51. The molecule has 1 unspecified atom stereocenters. The number of rotatable bonds is 5. The van der Waals surface area contributed by atoms with Crippen molar-refractivity contribution < 1.29 is 14.3 Å². The lowest BCUT2D eigenvalue weighted by molar-refractivity contribution is -0.140. The molecule has 6 heteroatoms. The largest absolute Gasteiger partial charge is 0.460 e. The summed E-state index contributed by atoms with van der Waals surface area (Å²) < 4.78 is 12.5. The highest BCUT2D eigenvalue weighted by Crippen LogP contribution is 2.39. The lowest BCUT2D eigenvalue weighted by atomic mass is 9.95. The minimum Gasteiger partial charge on any atom is -0.460 e. The normalized spacial score (nSPS) is 16.1. The molecule has 0 saturated carbocycles. The van der Waals surface area contributed by atoms with E-state index in [1.165, 1.54) is 0 Å². The Bertz CT molecular complexity index is 1010. The van der Waals surface area contributed by atoms with Gasteiger partial charge in [0.05, 0.1) is 29.3 Å². The Labute approximate surface area is 157 Å². The molecule has 0 amide bonds. The van der Waals surface area contributed by atoms with Gasteiger partial charge in [0.2, 0.25) is 5.95 Å². The smallest absolute Gasteiger partial charge is 0.338 e. The summed E-state index contributed by atoms with van der Waals surface area (Å²) in [5.41, 5.74) is 4.16. The Balaban J connectivity index is 1.86. The van der Waals surface area contributed by atoms with Gasteiger partial charge in [-0.1, -0.05) is 42.5 Å². The number of imidazole rings is 1. The number of benzene rings is 2. The molecular weight excluding hydrogens is 342 g/mol. The first-order valence-electron chi connectivity index (χ1n) is 8.86. The molecule has 27 heavy (non-hydrogen) atoms. The van der Waals surface area contributed by atoms with Crippen molar-refractivity contribution in [3.63, 3.8) is 0 Å². The second-order valence-electron chi connectivity index (χ2n) is 6.40. The molecular formula is C21H21N3O3. The topological polar surface area (TPSA) is 65.4 Å². The van der Waals surface area contributed by atoms with E-state index in [-0.39, 0.29) is 18.6 Å². The van der Waals surface area contributed by atoms with Crippen molar-refractivity contribution in [3.05, 3.63) is 71.4 Å². The molecule has 2 heterocycles. The van der Waals surface area contributed by atoms with Crippen LogP contribution in [0.3, 0.4) is 0 Å². The highest BCUT2D eigenvalue weighted by molar-refractivity contribution is 5.94. The fourth-order valence-corrected chi connectivity index (χ4v) is 3.47. The lowest BCUT2D eigenvalue weighted by Gasteiger charge is -2.30. The van der Waals surface area contributed by atoms with Gasteiger partial charge < -0.3 is 14.8 Å². The van der Waals surface area contributed by atoms with E-state index in [0.717, 1.165) is 28.2 Å². The summed E-state index contributed by atoms with van der Waals surface area (Å²) in [4.78, 5) is 17.6. The van der Waals surface area contributed by atoms with E-state index < -0.39 is 0 Å². The Morgan fingerprint density at radius 1 is 1.11 bits per heavy atom.